The van der Waals surface area contributed by atoms with Gasteiger partial charge in [0.2, 0.25) is 0 Å². The first-order valence-corrected chi connectivity index (χ1v) is 6.98. The second kappa shape index (κ2) is 6.29. The van der Waals surface area contributed by atoms with Crippen molar-refractivity contribution in [1.82, 2.24) is 0 Å². The van der Waals surface area contributed by atoms with Crippen molar-refractivity contribution < 1.29 is 19.8 Å². The third-order valence-electron chi connectivity index (χ3n) is 4.19. The highest BCUT2D eigenvalue weighted by Crippen LogP contribution is 2.47. The zero-order valence-electron chi connectivity index (χ0n) is 13.3. The number of Topliss-reactive ketones (excluding diaryl/α,β-unsaturated/α-hetero) is 1. The SMILES string of the molecule is CC(C=C[C@@]1(O)C(C)=C(CC#N)C(=O)CC1(C)C)=CC(=O)O. The number of hydrogen-bond donors (Lipinski definition) is 2. The van der Waals surface area contributed by atoms with Crippen LogP contribution in [0.2, 0.25) is 0 Å². The lowest BCUT2D eigenvalue weighted by Gasteiger charge is -2.45. The molecule has 0 aromatic rings. The van der Waals surface area contributed by atoms with E-state index in [1.54, 1.807) is 27.7 Å². The van der Waals surface area contributed by atoms with Gasteiger partial charge in [0, 0.05) is 23.5 Å². The van der Waals surface area contributed by atoms with Crippen LogP contribution in [-0.2, 0) is 9.59 Å². The number of aliphatic hydroxyl groups is 1. The number of carboxylic acid groups (broad SMARTS) is 1. The van der Waals surface area contributed by atoms with E-state index in [4.69, 9.17) is 10.4 Å². The van der Waals surface area contributed by atoms with Crippen molar-refractivity contribution in [1.29, 1.82) is 5.26 Å². The number of rotatable bonds is 4. The number of ketones is 1. The zero-order valence-corrected chi connectivity index (χ0v) is 13.3. The van der Waals surface area contributed by atoms with Gasteiger partial charge < -0.3 is 10.2 Å². The van der Waals surface area contributed by atoms with Gasteiger partial charge in [0.1, 0.15) is 5.60 Å². The first kappa shape index (κ1) is 17.9. The minimum Gasteiger partial charge on any atom is -0.478 e. The molecule has 22 heavy (non-hydrogen) atoms. The van der Waals surface area contributed by atoms with Gasteiger partial charge in [-0.25, -0.2) is 4.79 Å². The van der Waals surface area contributed by atoms with Crippen LogP contribution in [0.3, 0.4) is 0 Å². The molecule has 1 aliphatic rings. The van der Waals surface area contributed by atoms with Gasteiger partial charge in [-0.3, -0.25) is 4.79 Å². The van der Waals surface area contributed by atoms with Crippen LogP contribution in [0.25, 0.3) is 0 Å². The Morgan fingerprint density at radius 1 is 1.45 bits per heavy atom. The minimum atomic E-state index is -1.40. The standard InChI is InChI=1S/C17H21NO4/c1-11(9-15(20)21)5-7-17(22)12(2)13(6-8-18)14(19)10-16(17,3)4/h5,7,9,22H,6,10H2,1-4H3,(H,20,21)/t17-/m1/s1. The van der Waals surface area contributed by atoms with Crippen molar-refractivity contribution in [2.75, 3.05) is 0 Å². The Morgan fingerprint density at radius 2 is 2.05 bits per heavy atom. The van der Waals surface area contributed by atoms with Crippen LogP contribution in [0.5, 0.6) is 0 Å². The molecule has 0 amide bonds. The van der Waals surface area contributed by atoms with E-state index in [1.807, 2.05) is 6.07 Å². The average Bonchev–Trinajstić information content (AvgIpc) is 2.38. The fourth-order valence-electron chi connectivity index (χ4n) is 2.75. The molecule has 0 radical (unpaired) electrons. The predicted molar refractivity (Wildman–Crippen MR) is 81.8 cm³/mol. The molecule has 0 heterocycles. The van der Waals surface area contributed by atoms with Crippen molar-refractivity contribution in [2.45, 2.75) is 46.1 Å². The van der Waals surface area contributed by atoms with E-state index in [0.29, 0.717) is 16.7 Å². The summed E-state index contributed by atoms with van der Waals surface area (Å²) in [4.78, 5) is 22.8. The molecule has 5 heteroatoms. The number of allylic oxidation sites excluding steroid dienone is 3. The summed E-state index contributed by atoms with van der Waals surface area (Å²) >= 11 is 0. The molecular formula is C17H21NO4. The molecule has 5 nitrogen and oxygen atoms in total. The number of nitriles is 1. The number of aliphatic carboxylic acids is 1. The van der Waals surface area contributed by atoms with Crippen molar-refractivity contribution in [3.05, 3.63) is 34.9 Å². The molecular weight excluding hydrogens is 282 g/mol. The number of carbonyl (C=O) groups excluding carboxylic acids is 1. The maximum atomic E-state index is 12.1. The van der Waals surface area contributed by atoms with Gasteiger partial charge >= 0.3 is 5.97 Å². The summed E-state index contributed by atoms with van der Waals surface area (Å²) < 4.78 is 0. The maximum absolute atomic E-state index is 12.1. The summed E-state index contributed by atoms with van der Waals surface area (Å²) in [7, 11) is 0. The molecule has 1 rings (SSSR count). The van der Waals surface area contributed by atoms with E-state index < -0.39 is 17.0 Å². The lowest BCUT2D eigenvalue weighted by Crippen LogP contribution is -2.49. The second-order valence-electron chi connectivity index (χ2n) is 6.25. The summed E-state index contributed by atoms with van der Waals surface area (Å²) in [5, 5.41) is 28.7. The Kier molecular flexibility index (Phi) is 5.10. The quantitative estimate of drug-likeness (QED) is 0.614. The Morgan fingerprint density at radius 3 is 2.55 bits per heavy atom. The molecule has 0 fully saturated rings. The molecule has 0 aromatic heterocycles. The molecule has 0 bridgehead atoms. The average molecular weight is 303 g/mol. The van der Waals surface area contributed by atoms with Gasteiger partial charge in [0.25, 0.3) is 0 Å². The van der Waals surface area contributed by atoms with E-state index in [9.17, 15) is 14.7 Å². The minimum absolute atomic E-state index is 0.0408. The van der Waals surface area contributed by atoms with E-state index in [0.717, 1.165) is 6.08 Å². The van der Waals surface area contributed by atoms with Gasteiger partial charge in [-0.2, -0.15) is 5.26 Å². The molecule has 2 N–H and O–H groups in total. The molecule has 0 unspecified atom stereocenters. The van der Waals surface area contributed by atoms with Gasteiger partial charge in [0.15, 0.2) is 5.78 Å². The van der Waals surface area contributed by atoms with Gasteiger partial charge in [-0.05, 0) is 31.1 Å². The molecule has 0 aromatic carbocycles. The highest BCUT2D eigenvalue weighted by molar-refractivity contribution is 5.98. The van der Waals surface area contributed by atoms with E-state index in [1.165, 1.54) is 12.2 Å². The monoisotopic (exact) mass is 303 g/mol. The summed E-state index contributed by atoms with van der Waals surface area (Å²) in [5.41, 5.74) is -0.875. The number of carbonyl (C=O) groups is 2. The largest absolute Gasteiger partial charge is 0.478 e. The molecule has 118 valence electrons. The fraction of sp³-hybridized carbons (Fsp3) is 0.471. The highest BCUT2D eigenvalue weighted by atomic mass is 16.4. The highest BCUT2D eigenvalue weighted by Gasteiger charge is 2.49. The molecule has 0 saturated heterocycles. The number of carboxylic acids is 1. The Labute approximate surface area is 130 Å². The van der Waals surface area contributed by atoms with Crippen molar-refractivity contribution in [2.24, 2.45) is 5.41 Å². The first-order valence-electron chi connectivity index (χ1n) is 6.98. The molecule has 1 aliphatic carbocycles. The summed E-state index contributed by atoms with van der Waals surface area (Å²) in [6.07, 6.45) is 4.17. The third-order valence-corrected chi connectivity index (χ3v) is 4.19. The predicted octanol–water partition coefficient (Wildman–Crippen LogP) is 2.53. The maximum Gasteiger partial charge on any atom is 0.328 e. The Balaban J connectivity index is 3.38. The lowest BCUT2D eigenvalue weighted by molar-refractivity contribution is -0.131. The normalized spacial score (nSPS) is 25.5. The van der Waals surface area contributed by atoms with Crippen LogP contribution in [0, 0.1) is 16.7 Å². The number of hydrogen-bond acceptors (Lipinski definition) is 4. The topological polar surface area (TPSA) is 98.4 Å². The van der Waals surface area contributed by atoms with E-state index >= 15 is 0 Å². The van der Waals surface area contributed by atoms with Crippen molar-refractivity contribution in [3.8, 4) is 6.07 Å². The van der Waals surface area contributed by atoms with Crippen LogP contribution < -0.4 is 0 Å². The Bertz CT molecular complexity index is 632. The van der Waals surface area contributed by atoms with Gasteiger partial charge in [-0.15, -0.1) is 0 Å². The second-order valence-corrected chi connectivity index (χ2v) is 6.25. The van der Waals surface area contributed by atoms with Crippen molar-refractivity contribution >= 4 is 11.8 Å². The molecule has 0 saturated carbocycles. The van der Waals surface area contributed by atoms with Crippen molar-refractivity contribution in [3.63, 3.8) is 0 Å². The van der Waals surface area contributed by atoms with Gasteiger partial charge in [0.05, 0.1) is 12.5 Å². The molecule has 0 aliphatic heterocycles. The van der Waals surface area contributed by atoms with E-state index in [2.05, 4.69) is 0 Å². The molecule has 0 spiro atoms. The summed E-state index contributed by atoms with van der Waals surface area (Å²) in [6.45, 7) is 6.81. The van der Waals surface area contributed by atoms with Gasteiger partial charge in [-0.1, -0.05) is 19.9 Å². The Hall–Kier alpha value is -2.19. The van der Waals surface area contributed by atoms with E-state index in [-0.39, 0.29) is 18.6 Å². The molecule has 1 atom stereocenters. The third kappa shape index (κ3) is 3.34. The summed E-state index contributed by atoms with van der Waals surface area (Å²) in [5.74, 6) is -1.19. The van der Waals surface area contributed by atoms with Crippen LogP contribution in [0.4, 0.5) is 0 Å². The number of nitrogens with zero attached hydrogens (tertiary/aromatic N) is 1. The first-order chi connectivity index (χ1) is 10.0. The zero-order chi connectivity index (χ0) is 17.1. The van der Waals surface area contributed by atoms with Crippen LogP contribution in [-0.4, -0.2) is 27.6 Å². The smallest absolute Gasteiger partial charge is 0.328 e. The fourth-order valence-corrected chi connectivity index (χ4v) is 2.75. The van der Waals surface area contributed by atoms with Crippen LogP contribution in [0.15, 0.2) is 34.9 Å². The summed E-state index contributed by atoms with van der Waals surface area (Å²) in [6, 6.07) is 1.95. The van der Waals surface area contributed by atoms with Crippen LogP contribution in [0.1, 0.15) is 40.5 Å². The van der Waals surface area contributed by atoms with Crippen LogP contribution >= 0.6 is 0 Å². The lowest BCUT2D eigenvalue weighted by atomic mass is 9.62.